The van der Waals surface area contributed by atoms with Crippen LogP contribution in [-0.2, 0) is 4.74 Å². The lowest BCUT2D eigenvalue weighted by atomic mass is 10.2. The van der Waals surface area contributed by atoms with Gasteiger partial charge in [-0.3, -0.25) is 4.98 Å². The number of hydrogen-bond acceptors (Lipinski definition) is 3. The van der Waals surface area contributed by atoms with Crippen LogP contribution in [0.15, 0.2) is 24.4 Å². The Balaban J connectivity index is 2.16. The molecule has 1 aromatic heterocycles. The predicted octanol–water partition coefficient (Wildman–Crippen LogP) is 2.32. The normalized spacial score (nSPS) is 12.7. The van der Waals surface area contributed by atoms with Gasteiger partial charge in [0.2, 0.25) is 0 Å². The van der Waals surface area contributed by atoms with E-state index >= 15 is 0 Å². The molecule has 3 nitrogen and oxygen atoms in total. The Labute approximate surface area is 91.1 Å². The molecule has 15 heavy (non-hydrogen) atoms. The fraction of sp³-hybridized carbons (Fsp3) is 0.583. The van der Waals surface area contributed by atoms with Crippen molar-refractivity contribution >= 4 is 0 Å². The molecule has 0 radical (unpaired) electrons. The van der Waals surface area contributed by atoms with E-state index in [1.165, 1.54) is 0 Å². The molecule has 0 fully saturated rings. The van der Waals surface area contributed by atoms with Crippen LogP contribution in [-0.4, -0.2) is 23.3 Å². The van der Waals surface area contributed by atoms with Crippen molar-refractivity contribution < 1.29 is 9.84 Å². The molecule has 0 aliphatic heterocycles. The average Bonchev–Trinajstić information content (AvgIpc) is 2.30. The first kappa shape index (κ1) is 12.1. The average molecular weight is 209 g/mol. The second-order valence-electron chi connectivity index (χ2n) is 3.53. The SMILES string of the molecule is CCCCOCCC(O)c1ccccn1. The largest absolute Gasteiger partial charge is 0.387 e. The number of nitrogens with zero attached hydrogens (tertiary/aromatic N) is 1. The van der Waals surface area contributed by atoms with Crippen molar-refractivity contribution in [1.29, 1.82) is 0 Å². The number of unbranched alkanes of at least 4 members (excludes halogenated alkanes) is 1. The fourth-order valence-corrected chi connectivity index (χ4v) is 1.26. The molecule has 0 spiro atoms. The minimum Gasteiger partial charge on any atom is -0.387 e. The summed E-state index contributed by atoms with van der Waals surface area (Å²) in [5.74, 6) is 0. The standard InChI is InChI=1S/C12H19NO2/c1-2-3-9-15-10-7-12(14)11-6-4-5-8-13-11/h4-6,8,12,14H,2-3,7,9-10H2,1H3. The van der Waals surface area contributed by atoms with E-state index < -0.39 is 6.10 Å². The zero-order valence-corrected chi connectivity index (χ0v) is 9.22. The Hall–Kier alpha value is -0.930. The van der Waals surface area contributed by atoms with Crippen LogP contribution in [0.2, 0.25) is 0 Å². The molecule has 84 valence electrons. The van der Waals surface area contributed by atoms with Gasteiger partial charge in [0.25, 0.3) is 0 Å². The van der Waals surface area contributed by atoms with Crippen molar-refractivity contribution in [2.75, 3.05) is 13.2 Å². The number of aliphatic hydroxyl groups is 1. The van der Waals surface area contributed by atoms with Crippen LogP contribution in [0, 0.1) is 0 Å². The summed E-state index contributed by atoms with van der Waals surface area (Å²) < 4.78 is 5.38. The molecule has 0 aliphatic rings. The highest BCUT2D eigenvalue weighted by Gasteiger charge is 2.07. The molecule has 0 saturated carbocycles. The molecule has 0 saturated heterocycles. The second kappa shape index (κ2) is 7.37. The van der Waals surface area contributed by atoms with Crippen LogP contribution in [0.4, 0.5) is 0 Å². The van der Waals surface area contributed by atoms with Gasteiger partial charge in [-0.05, 0) is 18.6 Å². The van der Waals surface area contributed by atoms with E-state index in [-0.39, 0.29) is 0 Å². The third-order valence-corrected chi connectivity index (χ3v) is 2.21. The number of pyridine rings is 1. The van der Waals surface area contributed by atoms with Crippen LogP contribution < -0.4 is 0 Å². The lowest BCUT2D eigenvalue weighted by Gasteiger charge is -2.09. The summed E-state index contributed by atoms with van der Waals surface area (Å²) in [7, 11) is 0. The van der Waals surface area contributed by atoms with E-state index in [9.17, 15) is 5.11 Å². The third kappa shape index (κ3) is 4.91. The predicted molar refractivity (Wildman–Crippen MR) is 59.5 cm³/mol. The lowest BCUT2D eigenvalue weighted by molar-refractivity contribution is 0.0787. The Morgan fingerprint density at radius 2 is 2.27 bits per heavy atom. The molecule has 1 heterocycles. The Morgan fingerprint density at radius 3 is 2.93 bits per heavy atom. The van der Waals surface area contributed by atoms with Gasteiger partial charge in [-0.15, -0.1) is 0 Å². The van der Waals surface area contributed by atoms with Gasteiger partial charge in [-0.2, -0.15) is 0 Å². The van der Waals surface area contributed by atoms with Crippen molar-refractivity contribution in [1.82, 2.24) is 4.98 Å². The van der Waals surface area contributed by atoms with Crippen molar-refractivity contribution in [2.24, 2.45) is 0 Å². The number of ether oxygens (including phenoxy) is 1. The number of aliphatic hydroxyl groups excluding tert-OH is 1. The van der Waals surface area contributed by atoms with Crippen LogP contribution >= 0.6 is 0 Å². The van der Waals surface area contributed by atoms with Crippen molar-refractivity contribution in [3.8, 4) is 0 Å². The molecule has 3 heteroatoms. The first-order chi connectivity index (χ1) is 7.34. The Morgan fingerprint density at radius 1 is 1.40 bits per heavy atom. The Kier molecular flexibility index (Phi) is 5.97. The fourth-order valence-electron chi connectivity index (χ4n) is 1.26. The minimum atomic E-state index is -0.507. The Bertz CT molecular complexity index is 251. The molecule has 1 unspecified atom stereocenters. The van der Waals surface area contributed by atoms with Gasteiger partial charge in [0.1, 0.15) is 0 Å². The van der Waals surface area contributed by atoms with Gasteiger partial charge >= 0.3 is 0 Å². The zero-order chi connectivity index (χ0) is 10.9. The van der Waals surface area contributed by atoms with Crippen LogP contribution in [0.25, 0.3) is 0 Å². The van der Waals surface area contributed by atoms with Gasteiger partial charge in [0.05, 0.1) is 11.8 Å². The van der Waals surface area contributed by atoms with E-state index in [1.54, 1.807) is 6.20 Å². The quantitative estimate of drug-likeness (QED) is 0.701. The van der Waals surface area contributed by atoms with Crippen molar-refractivity contribution in [3.05, 3.63) is 30.1 Å². The van der Waals surface area contributed by atoms with Gasteiger partial charge < -0.3 is 9.84 Å². The second-order valence-corrected chi connectivity index (χ2v) is 3.53. The van der Waals surface area contributed by atoms with Crippen LogP contribution in [0.5, 0.6) is 0 Å². The maximum Gasteiger partial charge on any atom is 0.0981 e. The summed E-state index contributed by atoms with van der Waals surface area (Å²) >= 11 is 0. The number of hydrogen-bond donors (Lipinski definition) is 1. The van der Waals surface area contributed by atoms with Crippen LogP contribution in [0.1, 0.15) is 38.0 Å². The highest BCUT2D eigenvalue weighted by Crippen LogP contribution is 2.12. The van der Waals surface area contributed by atoms with E-state index in [4.69, 9.17) is 4.74 Å². The number of aromatic nitrogens is 1. The molecular formula is C12H19NO2. The zero-order valence-electron chi connectivity index (χ0n) is 9.22. The maximum absolute atomic E-state index is 9.73. The smallest absolute Gasteiger partial charge is 0.0981 e. The third-order valence-electron chi connectivity index (χ3n) is 2.21. The molecular weight excluding hydrogens is 190 g/mol. The van der Waals surface area contributed by atoms with Gasteiger partial charge in [-0.1, -0.05) is 19.4 Å². The monoisotopic (exact) mass is 209 g/mol. The van der Waals surface area contributed by atoms with Gasteiger partial charge in [-0.25, -0.2) is 0 Å². The topological polar surface area (TPSA) is 42.4 Å². The van der Waals surface area contributed by atoms with Crippen molar-refractivity contribution in [3.63, 3.8) is 0 Å². The summed E-state index contributed by atoms with van der Waals surface area (Å²) in [4.78, 5) is 4.09. The highest BCUT2D eigenvalue weighted by atomic mass is 16.5. The summed E-state index contributed by atoms with van der Waals surface area (Å²) in [5.41, 5.74) is 0.719. The molecule has 0 amide bonds. The summed E-state index contributed by atoms with van der Waals surface area (Å²) in [6.45, 7) is 3.51. The van der Waals surface area contributed by atoms with Crippen LogP contribution in [0.3, 0.4) is 0 Å². The molecule has 1 N–H and O–H groups in total. The van der Waals surface area contributed by atoms with Crippen molar-refractivity contribution in [2.45, 2.75) is 32.3 Å². The summed E-state index contributed by atoms with van der Waals surface area (Å²) in [6.07, 6.45) is 4.02. The molecule has 1 atom stereocenters. The van der Waals surface area contributed by atoms with E-state index in [0.29, 0.717) is 13.0 Å². The first-order valence-electron chi connectivity index (χ1n) is 5.51. The molecule has 1 rings (SSSR count). The molecule has 1 aromatic rings. The molecule has 0 aliphatic carbocycles. The van der Waals surface area contributed by atoms with Gasteiger partial charge in [0.15, 0.2) is 0 Å². The summed E-state index contributed by atoms with van der Waals surface area (Å²) in [5, 5.41) is 9.73. The lowest BCUT2D eigenvalue weighted by Crippen LogP contribution is -2.05. The minimum absolute atomic E-state index is 0.507. The first-order valence-corrected chi connectivity index (χ1v) is 5.51. The molecule has 0 aromatic carbocycles. The van der Waals surface area contributed by atoms with Gasteiger partial charge in [0, 0.05) is 25.8 Å². The summed E-state index contributed by atoms with van der Waals surface area (Å²) in [6, 6.07) is 5.55. The highest BCUT2D eigenvalue weighted by molar-refractivity contribution is 5.06. The maximum atomic E-state index is 9.73. The number of rotatable bonds is 7. The van der Waals surface area contributed by atoms with E-state index in [2.05, 4.69) is 11.9 Å². The van der Waals surface area contributed by atoms with E-state index in [1.807, 2.05) is 18.2 Å². The molecule has 0 bridgehead atoms. The van der Waals surface area contributed by atoms with E-state index in [0.717, 1.165) is 25.1 Å².